The normalized spacial score (nSPS) is 19.4. The molecule has 190 valence electrons. The van der Waals surface area contributed by atoms with Crippen LogP contribution in [0.2, 0.25) is 5.02 Å². The number of likely N-dealkylation sites (N-methyl/N-ethyl adjacent to an activating group) is 1. The average Bonchev–Trinajstić information content (AvgIpc) is 3.42. The van der Waals surface area contributed by atoms with Crippen molar-refractivity contribution in [1.29, 1.82) is 5.26 Å². The molecule has 2 aromatic heterocycles. The maximum Gasteiger partial charge on any atom is 0.283 e. The molecule has 36 heavy (non-hydrogen) atoms. The van der Waals surface area contributed by atoms with Crippen molar-refractivity contribution in [1.82, 2.24) is 19.1 Å². The lowest BCUT2D eigenvalue weighted by Gasteiger charge is -2.40. The Morgan fingerprint density at radius 2 is 2.11 bits per heavy atom. The van der Waals surface area contributed by atoms with Gasteiger partial charge in [-0.25, -0.2) is 13.4 Å². The number of amides is 1. The number of hydrogen-bond acceptors (Lipinski definition) is 9. The molecule has 5 rings (SSSR count). The van der Waals surface area contributed by atoms with E-state index in [4.69, 9.17) is 11.6 Å². The predicted molar refractivity (Wildman–Crippen MR) is 139 cm³/mol. The highest BCUT2D eigenvalue weighted by Gasteiger charge is 2.39. The number of piperazine rings is 1. The van der Waals surface area contributed by atoms with Crippen LogP contribution in [0, 0.1) is 11.3 Å². The third-order valence-electron chi connectivity index (χ3n) is 6.57. The van der Waals surface area contributed by atoms with Crippen LogP contribution in [0.3, 0.4) is 0 Å². The summed E-state index contributed by atoms with van der Waals surface area (Å²) in [5.41, 5.74) is 0.955. The number of aromatic hydroxyl groups is 1. The van der Waals surface area contributed by atoms with E-state index in [9.17, 15) is 23.6 Å². The molecular formula is C23H24ClN5O4S3. The van der Waals surface area contributed by atoms with Gasteiger partial charge in [-0.05, 0) is 31.7 Å². The molecule has 4 heterocycles. The quantitative estimate of drug-likeness (QED) is 0.503. The SMILES string of the molecule is CN1CCc2nc(C(=O)N3CCN(S(=O)(=O)c4sc5cc(Cl)ccc5c4O)CC3CCC#N)sc2C1. The summed E-state index contributed by atoms with van der Waals surface area (Å²) in [5, 5.41) is 21.1. The van der Waals surface area contributed by atoms with E-state index < -0.39 is 16.1 Å². The average molecular weight is 566 g/mol. The van der Waals surface area contributed by atoms with Crippen molar-refractivity contribution in [3.8, 4) is 11.8 Å². The molecule has 13 heteroatoms. The number of carbonyl (C=O) groups is 1. The van der Waals surface area contributed by atoms with Crippen molar-refractivity contribution < 1.29 is 18.3 Å². The fourth-order valence-corrected chi connectivity index (χ4v) is 9.19. The summed E-state index contributed by atoms with van der Waals surface area (Å²) in [5.74, 6) is -0.520. The van der Waals surface area contributed by atoms with Crippen LogP contribution < -0.4 is 0 Å². The Bertz CT molecular complexity index is 1480. The van der Waals surface area contributed by atoms with E-state index in [1.54, 1.807) is 23.1 Å². The molecule has 1 unspecified atom stereocenters. The maximum atomic E-state index is 13.6. The second kappa shape index (κ2) is 9.89. The Hall–Kier alpha value is -2.27. The molecular weight excluding hydrogens is 542 g/mol. The van der Waals surface area contributed by atoms with Gasteiger partial charge in [0, 0.05) is 71.6 Å². The maximum absolute atomic E-state index is 13.6. The van der Waals surface area contributed by atoms with Crippen LogP contribution in [0.5, 0.6) is 5.75 Å². The molecule has 1 fully saturated rings. The molecule has 2 aliphatic rings. The second-order valence-corrected chi connectivity index (χ2v) is 13.7. The van der Waals surface area contributed by atoms with Gasteiger partial charge in [-0.15, -0.1) is 22.7 Å². The number of nitriles is 1. The minimum atomic E-state index is -4.03. The Kier molecular flexibility index (Phi) is 6.97. The highest BCUT2D eigenvalue weighted by molar-refractivity contribution is 7.91. The first-order chi connectivity index (χ1) is 17.2. The topological polar surface area (TPSA) is 118 Å². The van der Waals surface area contributed by atoms with Gasteiger partial charge in [0.25, 0.3) is 15.9 Å². The molecule has 9 nitrogen and oxygen atoms in total. The van der Waals surface area contributed by atoms with E-state index in [0.717, 1.165) is 41.4 Å². The van der Waals surface area contributed by atoms with Crippen LogP contribution in [0.15, 0.2) is 22.4 Å². The number of halogens is 1. The number of sulfonamides is 1. The summed E-state index contributed by atoms with van der Waals surface area (Å²) in [4.78, 5) is 23.0. The van der Waals surface area contributed by atoms with Gasteiger partial charge >= 0.3 is 0 Å². The number of benzene rings is 1. The molecule has 1 aromatic carbocycles. The van der Waals surface area contributed by atoms with Gasteiger partial charge < -0.3 is 14.9 Å². The molecule has 0 radical (unpaired) electrons. The second-order valence-electron chi connectivity index (χ2n) is 8.97. The van der Waals surface area contributed by atoms with E-state index in [0.29, 0.717) is 26.5 Å². The molecule has 1 amide bonds. The lowest BCUT2D eigenvalue weighted by molar-refractivity contribution is 0.0552. The van der Waals surface area contributed by atoms with Gasteiger partial charge in [0.1, 0.15) is 0 Å². The van der Waals surface area contributed by atoms with Gasteiger partial charge in [0.05, 0.1) is 11.8 Å². The standard InChI is InChI=1S/C23H24ClN5O4S3/c1-27-8-6-17-19(13-27)34-21(26-17)22(31)29-10-9-28(12-15(29)3-2-7-25)36(32,33)23-20(30)16-5-4-14(24)11-18(16)35-23/h4-5,11,15,30H,2-3,6,8-10,12-13H2,1H3. The monoisotopic (exact) mass is 565 g/mol. The van der Waals surface area contributed by atoms with Crippen molar-refractivity contribution in [2.75, 3.05) is 33.2 Å². The minimum Gasteiger partial charge on any atom is -0.505 e. The Balaban J connectivity index is 1.41. The van der Waals surface area contributed by atoms with Crippen molar-refractivity contribution in [2.24, 2.45) is 0 Å². The molecule has 0 spiro atoms. The number of carbonyl (C=O) groups excluding carboxylic acids is 1. The smallest absolute Gasteiger partial charge is 0.283 e. The van der Waals surface area contributed by atoms with E-state index in [1.165, 1.54) is 15.6 Å². The summed E-state index contributed by atoms with van der Waals surface area (Å²) in [6, 6.07) is 6.45. The van der Waals surface area contributed by atoms with Crippen LogP contribution in [-0.2, 0) is 23.0 Å². The van der Waals surface area contributed by atoms with Crippen LogP contribution in [-0.4, -0.2) is 77.8 Å². The van der Waals surface area contributed by atoms with E-state index >= 15 is 0 Å². The van der Waals surface area contributed by atoms with E-state index in [1.807, 2.05) is 7.05 Å². The zero-order valence-electron chi connectivity index (χ0n) is 19.5. The fourth-order valence-electron chi connectivity index (χ4n) is 4.65. The lowest BCUT2D eigenvalue weighted by atomic mass is 10.1. The molecule has 0 aliphatic carbocycles. The highest BCUT2D eigenvalue weighted by Crippen LogP contribution is 2.42. The van der Waals surface area contributed by atoms with E-state index in [-0.39, 0.29) is 41.9 Å². The molecule has 0 bridgehead atoms. The van der Waals surface area contributed by atoms with Gasteiger partial charge in [-0.2, -0.15) is 9.57 Å². The van der Waals surface area contributed by atoms with Crippen molar-refractivity contribution in [3.63, 3.8) is 0 Å². The zero-order chi connectivity index (χ0) is 25.6. The van der Waals surface area contributed by atoms with Crippen molar-refractivity contribution >= 4 is 60.3 Å². The summed E-state index contributed by atoms with van der Waals surface area (Å²) < 4.78 is 28.8. The van der Waals surface area contributed by atoms with Gasteiger partial charge in [0.2, 0.25) is 0 Å². The van der Waals surface area contributed by atoms with Crippen LogP contribution >= 0.6 is 34.3 Å². The summed E-state index contributed by atoms with van der Waals surface area (Å²) in [6.45, 7) is 1.95. The van der Waals surface area contributed by atoms with Gasteiger partial charge in [0.15, 0.2) is 15.0 Å². The summed E-state index contributed by atoms with van der Waals surface area (Å²) in [7, 11) is -2.00. The number of thiazole rings is 1. The zero-order valence-corrected chi connectivity index (χ0v) is 22.7. The number of rotatable bonds is 5. The molecule has 0 saturated carbocycles. The molecule has 2 aliphatic heterocycles. The van der Waals surface area contributed by atoms with Gasteiger partial charge in [-0.1, -0.05) is 11.6 Å². The predicted octanol–water partition coefficient (Wildman–Crippen LogP) is 3.52. The number of thiophene rings is 1. The van der Waals surface area contributed by atoms with Crippen LogP contribution in [0.1, 0.15) is 33.2 Å². The Morgan fingerprint density at radius 3 is 2.89 bits per heavy atom. The number of fused-ring (bicyclic) bond motifs is 2. The van der Waals surface area contributed by atoms with Crippen molar-refractivity contribution in [3.05, 3.63) is 38.8 Å². The summed E-state index contributed by atoms with van der Waals surface area (Å²) >= 11 is 8.40. The number of aromatic nitrogens is 1. The van der Waals surface area contributed by atoms with Gasteiger partial charge in [-0.3, -0.25) is 4.79 Å². The Labute approximate surface area is 222 Å². The largest absolute Gasteiger partial charge is 0.505 e. The molecule has 1 N–H and O–H groups in total. The van der Waals surface area contributed by atoms with Crippen LogP contribution in [0.4, 0.5) is 0 Å². The van der Waals surface area contributed by atoms with Crippen LogP contribution in [0.25, 0.3) is 10.1 Å². The third-order valence-corrected chi connectivity index (χ3v) is 11.4. The van der Waals surface area contributed by atoms with E-state index in [2.05, 4.69) is 16.0 Å². The molecule has 1 atom stereocenters. The minimum absolute atomic E-state index is 0.0397. The summed E-state index contributed by atoms with van der Waals surface area (Å²) in [6.07, 6.45) is 1.33. The first-order valence-corrected chi connectivity index (χ1v) is 14.9. The third kappa shape index (κ3) is 4.60. The number of nitrogens with zero attached hydrogens (tertiary/aromatic N) is 5. The molecule has 3 aromatic rings. The van der Waals surface area contributed by atoms with Crippen molar-refractivity contribution in [2.45, 2.75) is 36.1 Å². The molecule has 1 saturated heterocycles. The first-order valence-electron chi connectivity index (χ1n) is 11.4. The highest BCUT2D eigenvalue weighted by atomic mass is 35.5. The number of hydrogen-bond donors (Lipinski definition) is 1. The first kappa shape index (κ1) is 25.4. The fraction of sp³-hybridized carbons (Fsp3) is 0.435. The lowest BCUT2D eigenvalue weighted by Crippen LogP contribution is -2.56. The Morgan fingerprint density at radius 1 is 1.31 bits per heavy atom.